The molecule has 0 saturated carbocycles. The summed E-state index contributed by atoms with van der Waals surface area (Å²) >= 11 is 0. The van der Waals surface area contributed by atoms with E-state index < -0.39 is 0 Å². The summed E-state index contributed by atoms with van der Waals surface area (Å²) in [5, 5.41) is 11.7. The Hall–Kier alpha value is -3.88. The Balaban J connectivity index is 1.86. The van der Waals surface area contributed by atoms with Gasteiger partial charge in [0.15, 0.2) is 5.82 Å². The molecule has 9 heteroatoms. The number of anilines is 1. The lowest BCUT2D eigenvalue weighted by atomic mass is 10.1. The van der Waals surface area contributed by atoms with Crippen LogP contribution in [-0.4, -0.2) is 34.4 Å². The number of halogens is 1. The van der Waals surface area contributed by atoms with E-state index in [1.807, 2.05) is 28.9 Å². The highest BCUT2D eigenvalue weighted by atomic mass is 19.1. The fourth-order valence-corrected chi connectivity index (χ4v) is 2.95. The van der Waals surface area contributed by atoms with E-state index in [0.717, 1.165) is 11.2 Å². The SMILES string of the molecule is Nc1nc(-c2ccc(F)cc2)c(-c2ccc3nccn3c2)n2nnnc12. The molecule has 0 aliphatic heterocycles. The van der Waals surface area contributed by atoms with Crippen LogP contribution in [0.1, 0.15) is 0 Å². The number of imidazole rings is 1. The third kappa shape index (κ3) is 2.10. The van der Waals surface area contributed by atoms with Crippen molar-refractivity contribution in [3.63, 3.8) is 0 Å². The largest absolute Gasteiger partial charge is 0.380 e. The van der Waals surface area contributed by atoms with Gasteiger partial charge in [-0.15, -0.1) is 5.10 Å². The van der Waals surface area contributed by atoms with Crippen molar-refractivity contribution < 1.29 is 4.39 Å². The molecule has 0 saturated heterocycles. The molecule has 126 valence electrons. The molecule has 0 spiro atoms. The molecule has 8 nitrogen and oxygen atoms in total. The molecule has 1 aromatic carbocycles. The smallest absolute Gasteiger partial charge is 0.222 e. The van der Waals surface area contributed by atoms with E-state index in [0.29, 0.717) is 22.6 Å². The lowest BCUT2D eigenvalue weighted by molar-refractivity contribution is 0.628. The van der Waals surface area contributed by atoms with E-state index in [-0.39, 0.29) is 11.6 Å². The average Bonchev–Trinajstić information content (AvgIpc) is 3.31. The van der Waals surface area contributed by atoms with E-state index in [2.05, 4.69) is 25.5 Å². The standard InChI is InChI=1S/C17H11FN8/c18-12-4-1-10(2-5-12)14-15(26-17(16(19)21-14)22-23-24-26)11-3-6-13-20-7-8-25(13)9-11/h1-9H,(H2,19,21). The highest BCUT2D eigenvalue weighted by molar-refractivity contribution is 5.82. The molecule has 4 aromatic heterocycles. The molecule has 5 aromatic rings. The lowest BCUT2D eigenvalue weighted by Crippen LogP contribution is -2.05. The Labute approximate surface area is 145 Å². The van der Waals surface area contributed by atoms with Crippen molar-refractivity contribution in [1.29, 1.82) is 0 Å². The van der Waals surface area contributed by atoms with Gasteiger partial charge in [0.1, 0.15) is 17.2 Å². The molecule has 0 radical (unpaired) electrons. The molecular weight excluding hydrogens is 335 g/mol. The van der Waals surface area contributed by atoms with Crippen LogP contribution in [-0.2, 0) is 0 Å². The molecule has 0 aliphatic carbocycles. The van der Waals surface area contributed by atoms with Crippen LogP contribution in [0.4, 0.5) is 10.2 Å². The number of hydrogen-bond donors (Lipinski definition) is 1. The van der Waals surface area contributed by atoms with Crippen LogP contribution in [0, 0.1) is 5.82 Å². The van der Waals surface area contributed by atoms with Crippen molar-refractivity contribution in [2.45, 2.75) is 0 Å². The molecule has 0 bridgehead atoms. The average molecular weight is 346 g/mol. The van der Waals surface area contributed by atoms with Crippen molar-refractivity contribution in [1.82, 2.24) is 34.4 Å². The third-order valence-electron chi connectivity index (χ3n) is 4.15. The summed E-state index contributed by atoms with van der Waals surface area (Å²) in [7, 11) is 0. The first-order valence-electron chi connectivity index (χ1n) is 7.77. The summed E-state index contributed by atoms with van der Waals surface area (Å²) in [6, 6.07) is 9.83. The monoisotopic (exact) mass is 346 g/mol. The first kappa shape index (κ1) is 14.5. The van der Waals surface area contributed by atoms with Gasteiger partial charge in [-0.2, -0.15) is 4.52 Å². The molecule has 0 unspecified atom stereocenters. The number of nitrogens with two attached hydrogens (primary N) is 1. The fourth-order valence-electron chi connectivity index (χ4n) is 2.95. The third-order valence-corrected chi connectivity index (χ3v) is 4.15. The summed E-state index contributed by atoms with van der Waals surface area (Å²) < 4.78 is 16.8. The van der Waals surface area contributed by atoms with Crippen LogP contribution in [0.2, 0.25) is 0 Å². The van der Waals surface area contributed by atoms with Gasteiger partial charge in [0.05, 0.1) is 5.69 Å². The van der Waals surface area contributed by atoms with Gasteiger partial charge < -0.3 is 10.1 Å². The van der Waals surface area contributed by atoms with Crippen molar-refractivity contribution in [2.24, 2.45) is 0 Å². The first-order chi connectivity index (χ1) is 12.7. The van der Waals surface area contributed by atoms with Crippen molar-refractivity contribution in [3.8, 4) is 22.5 Å². The summed E-state index contributed by atoms with van der Waals surface area (Å²) in [4.78, 5) is 8.73. The minimum absolute atomic E-state index is 0.196. The first-order valence-corrected chi connectivity index (χ1v) is 7.77. The summed E-state index contributed by atoms with van der Waals surface area (Å²) in [5.74, 6) is -0.131. The van der Waals surface area contributed by atoms with Gasteiger partial charge in [-0.3, -0.25) is 0 Å². The molecule has 0 fully saturated rings. The zero-order valence-electron chi connectivity index (χ0n) is 13.3. The Morgan fingerprint density at radius 2 is 1.81 bits per heavy atom. The minimum Gasteiger partial charge on any atom is -0.380 e. The van der Waals surface area contributed by atoms with E-state index in [4.69, 9.17) is 5.73 Å². The number of rotatable bonds is 2. The lowest BCUT2D eigenvalue weighted by Gasteiger charge is -2.12. The molecule has 2 N–H and O–H groups in total. The maximum atomic E-state index is 13.4. The van der Waals surface area contributed by atoms with Crippen LogP contribution in [0.25, 0.3) is 33.8 Å². The molecule has 26 heavy (non-hydrogen) atoms. The van der Waals surface area contributed by atoms with E-state index >= 15 is 0 Å². The second-order valence-electron chi connectivity index (χ2n) is 5.73. The molecule has 0 atom stereocenters. The summed E-state index contributed by atoms with van der Waals surface area (Å²) in [5.41, 5.74) is 9.93. The number of tetrazole rings is 1. The van der Waals surface area contributed by atoms with Crippen LogP contribution >= 0.6 is 0 Å². The Morgan fingerprint density at radius 1 is 1.00 bits per heavy atom. The molecule has 0 amide bonds. The van der Waals surface area contributed by atoms with Gasteiger partial charge in [0.25, 0.3) is 0 Å². The zero-order chi connectivity index (χ0) is 17.7. The zero-order valence-corrected chi connectivity index (χ0v) is 13.3. The number of hydrogen-bond acceptors (Lipinski definition) is 6. The molecule has 4 heterocycles. The van der Waals surface area contributed by atoms with Crippen molar-refractivity contribution in [3.05, 3.63) is 60.8 Å². The number of nitrogen functional groups attached to an aromatic ring is 1. The molecule has 5 rings (SSSR count). The fraction of sp³-hybridized carbons (Fsp3) is 0. The van der Waals surface area contributed by atoms with Crippen LogP contribution in [0.5, 0.6) is 0 Å². The van der Waals surface area contributed by atoms with Gasteiger partial charge in [-0.25, -0.2) is 14.4 Å². The maximum absolute atomic E-state index is 13.4. The van der Waals surface area contributed by atoms with Crippen LogP contribution in [0.3, 0.4) is 0 Å². The van der Waals surface area contributed by atoms with Gasteiger partial charge in [-0.05, 0) is 46.8 Å². The number of benzene rings is 1. The Bertz CT molecular complexity index is 1260. The minimum atomic E-state index is -0.327. The second kappa shape index (κ2) is 5.31. The predicted molar refractivity (Wildman–Crippen MR) is 92.6 cm³/mol. The highest BCUT2D eigenvalue weighted by Gasteiger charge is 2.19. The summed E-state index contributed by atoms with van der Waals surface area (Å²) in [6.45, 7) is 0. The molecular formula is C17H11FN8. The van der Waals surface area contributed by atoms with Gasteiger partial charge in [0.2, 0.25) is 5.65 Å². The topological polar surface area (TPSA) is 99.3 Å². The van der Waals surface area contributed by atoms with E-state index in [1.165, 1.54) is 12.1 Å². The van der Waals surface area contributed by atoms with Gasteiger partial charge in [-0.1, -0.05) is 0 Å². The van der Waals surface area contributed by atoms with E-state index in [9.17, 15) is 4.39 Å². The number of nitrogens with zero attached hydrogens (tertiary/aromatic N) is 7. The number of fused-ring (bicyclic) bond motifs is 2. The van der Waals surface area contributed by atoms with Crippen LogP contribution in [0.15, 0.2) is 55.0 Å². The van der Waals surface area contributed by atoms with Crippen molar-refractivity contribution in [2.75, 3.05) is 5.73 Å². The van der Waals surface area contributed by atoms with Gasteiger partial charge in [0, 0.05) is 29.7 Å². The normalized spacial score (nSPS) is 11.4. The highest BCUT2D eigenvalue weighted by Crippen LogP contribution is 2.32. The second-order valence-corrected chi connectivity index (χ2v) is 5.73. The molecule has 0 aliphatic rings. The van der Waals surface area contributed by atoms with E-state index in [1.54, 1.807) is 22.8 Å². The predicted octanol–water partition coefficient (Wildman–Crippen LogP) is 2.22. The quantitative estimate of drug-likeness (QED) is 0.526. The summed E-state index contributed by atoms with van der Waals surface area (Å²) in [6.07, 6.45) is 5.47. The maximum Gasteiger partial charge on any atom is 0.222 e. The van der Waals surface area contributed by atoms with Gasteiger partial charge >= 0.3 is 0 Å². The number of aromatic nitrogens is 7. The van der Waals surface area contributed by atoms with Crippen molar-refractivity contribution >= 4 is 17.1 Å². The number of pyridine rings is 1. The van der Waals surface area contributed by atoms with Crippen LogP contribution < -0.4 is 5.73 Å². The Morgan fingerprint density at radius 3 is 2.65 bits per heavy atom. The Kier molecular flexibility index (Phi) is 2.95.